The minimum atomic E-state index is -0.444. The van der Waals surface area contributed by atoms with E-state index >= 15 is 0 Å². The Kier molecular flexibility index (Phi) is 5.13. The highest BCUT2D eigenvalue weighted by Gasteiger charge is 2.27. The van der Waals surface area contributed by atoms with Gasteiger partial charge in [0.05, 0.1) is 17.8 Å². The standard InChI is InChI=1S/C15H16Cl2N6O/c16-8-4-6-9(7-5-8)22-23-12-13(17)20-15(18)21-14(12)19-10-2-1-3-11(10)24/h4-7,10-11,24H,1-3H2,(H3,18,19,20,21)/t10-,11-/m1/s1. The largest absolute Gasteiger partial charge is 0.391 e. The molecule has 1 fully saturated rings. The molecule has 7 nitrogen and oxygen atoms in total. The van der Waals surface area contributed by atoms with E-state index in [1.807, 2.05) is 0 Å². The molecule has 0 bridgehead atoms. The molecule has 0 unspecified atom stereocenters. The molecule has 1 saturated carbocycles. The van der Waals surface area contributed by atoms with Gasteiger partial charge in [-0.2, -0.15) is 15.1 Å². The molecule has 1 aromatic heterocycles. The van der Waals surface area contributed by atoms with Crippen molar-refractivity contribution in [2.45, 2.75) is 31.4 Å². The molecule has 4 N–H and O–H groups in total. The van der Waals surface area contributed by atoms with E-state index in [-0.39, 0.29) is 22.8 Å². The third kappa shape index (κ3) is 3.92. The predicted octanol–water partition coefficient (Wildman–Crippen LogP) is 4.11. The molecule has 2 atom stereocenters. The Morgan fingerprint density at radius 3 is 2.54 bits per heavy atom. The zero-order valence-electron chi connectivity index (χ0n) is 12.7. The maximum absolute atomic E-state index is 9.98. The van der Waals surface area contributed by atoms with Crippen LogP contribution in [0.3, 0.4) is 0 Å². The molecule has 1 aliphatic carbocycles. The Morgan fingerprint density at radius 2 is 1.88 bits per heavy atom. The molecule has 24 heavy (non-hydrogen) atoms. The Balaban J connectivity index is 1.89. The highest BCUT2D eigenvalue weighted by Crippen LogP contribution is 2.34. The number of hydrogen-bond donors (Lipinski definition) is 3. The van der Waals surface area contributed by atoms with Crippen LogP contribution in [0.15, 0.2) is 34.5 Å². The molecule has 1 heterocycles. The van der Waals surface area contributed by atoms with Gasteiger partial charge >= 0.3 is 0 Å². The van der Waals surface area contributed by atoms with E-state index in [0.717, 1.165) is 19.3 Å². The Morgan fingerprint density at radius 1 is 1.12 bits per heavy atom. The molecule has 0 radical (unpaired) electrons. The minimum absolute atomic E-state index is 0.0282. The summed E-state index contributed by atoms with van der Waals surface area (Å²) in [5, 5.41) is 22.1. The molecule has 1 aromatic carbocycles. The molecule has 0 aliphatic heterocycles. The average Bonchev–Trinajstić information content (AvgIpc) is 2.93. The predicted molar refractivity (Wildman–Crippen MR) is 94.4 cm³/mol. The fraction of sp³-hybridized carbons (Fsp3) is 0.333. The van der Waals surface area contributed by atoms with Gasteiger partial charge in [-0.1, -0.05) is 23.2 Å². The number of hydrogen-bond acceptors (Lipinski definition) is 7. The third-order valence-corrected chi connectivity index (χ3v) is 4.27. The average molecular weight is 367 g/mol. The number of nitrogen functional groups attached to an aromatic ring is 1. The van der Waals surface area contributed by atoms with Crippen molar-refractivity contribution in [1.82, 2.24) is 9.97 Å². The fourth-order valence-corrected chi connectivity index (χ4v) is 2.87. The number of halogens is 2. The number of aliphatic hydroxyl groups is 1. The Labute approximate surface area is 148 Å². The molecule has 0 saturated heterocycles. The lowest BCUT2D eigenvalue weighted by Crippen LogP contribution is -2.28. The van der Waals surface area contributed by atoms with Gasteiger partial charge in [0.1, 0.15) is 0 Å². The molecule has 9 heteroatoms. The monoisotopic (exact) mass is 366 g/mol. The minimum Gasteiger partial charge on any atom is -0.391 e. The summed E-state index contributed by atoms with van der Waals surface area (Å²) < 4.78 is 0. The van der Waals surface area contributed by atoms with Crippen molar-refractivity contribution in [3.63, 3.8) is 0 Å². The van der Waals surface area contributed by atoms with E-state index in [4.69, 9.17) is 28.9 Å². The van der Waals surface area contributed by atoms with Crippen LogP contribution in [0, 0.1) is 0 Å². The summed E-state index contributed by atoms with van der Waals surface area (Å²) in [6, 6.07) is 6.76. The zero-order valence-corrected chi connectivity index (χ0v) is 14.2. The molecule has 0 spiro atoms. The fourth-order valence-electron chi connectivity index (χ4n) is 2.53. The van der Waals surface area contributed by atoms with E-state index in [0.29, 0.717) is 16.5 Å². The number of aliphatic hydroxyl groups excluding tert-OH is 1. The maximum Gasteiger partial charge on any atom is 0.223 e. The normalized spacial score (nSPS) is 20.6. The van der Waals surface area contributed by atoms with Crippen LogP contribution in [-0.4, -0.2) is 27.2 Å². The van der Waals surface area contributed by atoms with Crippen LogP contribution >= 0.6 is 23.2 Å². The number of azo groups is 1. The first-order valence-corrected chi connectivity index (χ1v) is 8.23. The topological polar surface area (TPSA) is 109 Å². The molecule has 126 valence electrons. The van der Waals surface area contributed by atoms with Crippen LogP contribution in [-0.2, 0) is 0 Å². The number of aromatic nitrogens is 2. The van der Waals surface area contributed by atoms with Crippen LogP contribution in [0.4, 0.5) is 23.1 Å². The first-order valence-electron chi connectivity index (χ1n) is 7.48. The molecular weight excluding hydrogens is 351 g/mol. The van der Waals surface area contributed by atoms with Gasteiger partial charge in [-0.05, 0) is 43.5 Å². The van der Waals surface area contributed by atoms with Crippen molar-refractivity contribution < 1.29 is 5.11 Å². The van der Waals surface area contributed by atoms with Crippen molar-refractivity contribution in [2.24, 2.45) is 10.2 Å². The van der Waals surface area contributed by atoms with Crippen molar-refractivity contribution in [1.29, 1.82) is 0 Å². The number of nitrogens with one attached hydrogen (secondary N) is 1. The van der Waals surface area contributed by atoms with Crippen LogP contribution < -0.4 is 11.1 Å². The molecular formula is C15H16Cl2N6O. The Bertz CT molecular complexity index is 752. The molecule has 2 aromatic rings. The van der Waals surface area contributed by atoms with E-state index in [2.05, 4.69) is 25.5 Å². The number of benzene rings is 1. The highest BCUT2D eigenvalue weighted by molar-refractivity contribution is 6.32. The van der Waals surface area contributed by atoms with E-state index in [1.165, 1.54) is 0 Å². The van der Waals surface area contributed by atoms with Crippen molar-refractivity contribution in [3.05, 3.63) is 34.4 Å². The maximum atomic E-state index is 9.98. The lowest BCUT2D eigenvalue weighted by atomic mass is 10.2. The van der Waals surface area contributed by atoms with E-state index in [1.54, 1.807) is 24.3 Å². The summed E-state index contributed by atoms with van der Waals surface area (Å²) >= 11 is 12.0. The zero-order chi connectivity index (χ0) is 17.1. The Hall–Kier alpha value is -1.96. The van der Waals surface area contributed by atoms with Crippen LogP contribution in [0.1, 0.15) is 19.3 Å². The van der Waals surface area contributed by atoms with Gasteiger partial charge in [0, 0.05) is 5.02 Å². The van der Waals surface area contributed by atoms with Crippen LogP contribution in [0.5, 0.6) is 0 Å². The molecule has 1 aliphatic rings. The first kappa shape index (κ1) is 16.9. The summed E-state index contributed by atoms with van der Waals surface area (Å²) in [6.45, 7) is 0. The van der Waals surface area contributed by atoms with Gasteiger partial charge in [0.2, 0.25) is 5.95 Å². The quantitative estimate of drug-likeness (QED) is 0.557. The van der Waals surface area contributed by atoms with Gasteiger partial charge in [-0.15, -0.1) is 5.11 Å². The van der Waals surface area contributed by atoms with Crippen molar-refractivity contribution in [2.75, 3.05) is 11.1 Å². The first-order chi connectivity index (χ1) is 11.5. The van der Waals surface area contributed by atoms with Gasteiger partial charge in [-0.25, -0.2) is 0 Å². The van der Waals surface area contributed by atoms with Crippen molar-refractivity contribution in [3.8, 4) is 0 Å². The van der Waals surface area contributed by atoms with Gasteiger partial charge in [0.15, 0.2) is 16.7 Å². The third-order valence-electron chi connectivity index (χ3n) is 3.75. The summed E-state index contributed by atoms with van der Waals surface area (Å²) in [7, 11) is 0. The second-order valence-electron chi connectivity index (χ2n) is 5.50. The lowest BCUT2D eigenvalue weighted by molar-refractivity contribution is 0.171. The summed E-state index contributed by atoms with van der Waals surface area (Å²) in [4.78, 5) is 8.05. The van der Waals surface area contributed by atoms with Gasteiger partial charge in [0.25, 0.3) is 0 Å². The van der Waals surface area contributed by atoms with Crippen LogP contribution in [0.25, 0.3) is 0 Å². The van der Waals surface area contributed by atoms with Gasteiger partial charge in [-0.3, -0.25) is 0 Å². The van der Waals surface area contributed by atoms with Crippen LogP contribution in [0.2, 0.25) is 10.2 Å². The van der Waals surface area contributed by atoms with Gasteiger partial charge < -0.3 is 16.2 Å². The molecule has 0 amide bonds. The number of anilines is 2. The summed E-state index contributed by atoms with van der Waals surface area (Å²) in [6.07, 6.45) is 2.07. The SMILES string of the molecule is Nc1nc(Cl)c(N=Nc2ccc(Cl)cc2)c(N[C@@H]2CCC[C@H]2O)n1. The second kappa shape index (κ2) is 7.29. The highest BCUT2D eigenvalue weighted by atomic mass is 35.5. The second-order valence-corrected chi connectivity index (χ2v) is 6.29. The van der Waals surface area contributed by atoms with E-state index < -0.39 is 6.10 Å². The number of nitrogens with two attached hydrogens (primary N) is 1. The number of nitrogens with zero attached hydrogens (tertiary/aromatic N) is 4. The summed E-state index contributed by atoms with van der Waals surface area (Å²) in [5.41, 5.74) is 6.55. The van der Waals surface area contributed by atoms with Crippen molar-refractivity contribution >= 4 is 46.3 Å². The lowest BCUT2D eigenvalue weighted by Gasteiger charge is -2.18. The molecule has 3 rings (SSSR count). The smallest absolute Gasteiger partial charge is 0.223 e. The van der Waals surface area contributed by atoms with E-state index in [9.17, 15) is 5.11 Å². The number of rotatable bonds is 4. The summed E-state index contributed by atoms with van der Waals surface area (Å²) in [5.74, 6) is 0.386.